The fourth-order valence-corrected chi connectivity index (χ4v) is 4.62. The maximum absolute atomic E-state index is 12.3. The Kier molecular flexibility index (Phi) is 5.85. The Labute approximate surface area is 166 Å². The number of amides is 1. The van der Waals surface area contributed by atoms with Gasteiger partial charge in [0.15, 0.2) is 0 Å². The highest BCUT2D eigenvalue weighted by molar-refractivity contribution is 9.10. The van der Waals surface area contributed by atoms with Gasteiger partial charge in [-0.05, 0) is 83.1 Å². The van der Waals surface area contributed by atoms with E-state index in [4.69, 9.17) is 4.74 Å². The molecule has 1 heterocycles. The van der Waals surface area contributed by atoms with E-state index >= 15 is 0 Å². The first-order valence-electron chi connectivity index (χ1n) is 9.75. The number of aryl methyl sites for hydroxylation is 1. The van der Waals surface area contributed by atoms with Crippen LogP contribution in [0, 0.1) is 0 Å². The van der Waals surface area contributed by atoms with E-state index in [0.29, 0.717) is 6.04 Å². The van der Waals surface area contributed by atoms with Crippen molar-refractivity contribution >= 4 is 27.7 Å². The molecule has 0 radical (unpaired) electrons. The molecule has 26 heavy (non-hydrogen) atoms. The van der Waals surface area contributed by atoms with Crippen molar-refractivity contribution in [3.63, 3.8) is 0 Å². The number of halogens is 1. The molecule has 4 nitrogen and oxygen atoms in total. The van der Waals surface area contributed by atoms with Crippen LogP contribution in [0.1, 0.15) is 58.4 Å². The minimum Gasteiger partial charge on any atom is -0.444 e. The second-order valence-corrected chi connectivity index (χ2v) is 9.54. The quantitative estimate of drug-likeness (QED) is 0.640. The van der Waals surface area contributed by atoms with E-state index in [0.717, 1.165) is 32.2 Å². The average molecular weight is 423 g/mol. The zero-order chi connectivity index (χ0) is 18.9. The molecule has 1 aliphatic heterocycles. The minimum absolute atomic E-state index is 0.200. The first-order chi connectivity index (χ1) is 12.2. The van der Waals surface area contributed by atoms with Crippen LogP contribution in [0.4, 0.5) is 10.5 Å². The third-order valence-electron chi connectivity index (χ3n) is 5.53. The predicted octanol–water partition coefficient (Wildman–Crippen LogP) is 5.38. The normalized spacial score (nSPS) is 23.3. The highest BCUT2D eigenvalue weighted by atomic mass is 79.9. The van der Waals surface area contributed by atoms with Gasteiger partial charge in [0.2, 0.25) is 0 Å². The van der Waals surface area contributed by atoms with Crippen molar-refractivity contribution in [2.75, 3.05) is 18.5 Å². The number of fused-ring (bicyclic) bond motifs is 1. The molecule has 1 aromatic rings. The Bertz CT molecular complexity index is 648. The summed E-state index contributed by atoms with van der Waals surface area (Å²) in [5.41, 5.74) is 2.43. The fourth-order valence-electron chi connectivity index (χ4n) is 4.21. The van der Waals surface area contributed by atoms with Gasteiger partial charge in [0.25, 0.3) is 0 Å². The molecule has 1 saturated carbocycles. The number of carbonyl (C=O) groups is 1. The van der Waals surface area contributed by atoms with Crippen molar-refractivity contribution in [2.45, 2.75) is 77.0 Å². The number of benzene rings is 1. The SMILES string of the molecule is CN(C(=O)OC(C)(C)C)C1CCC(N2CCCc3cc(Br)ccc32)CC1. The van der Waals surface area contributed by atoms with Crippen molar-refractivity contribution in [1.82, 2.24) is 4.90 Å². The molecule has 1 aromatic carbocycles. The van der Waals surface area contributed by atoms with Crippen LogP contribution in [0.5, 0.6) is 0 Å². The standard InChI is InChI=1S/C21H31BrN2O2/c1-21(2,3)26-20(25)23(4)17-8-10-18(11-9-17)24-13-5-6-15-14-16(22)7-12-19(15)24/h7,12,14,17-18H,5-6,8-11,13H2,1-4H3. The third-order valence-corrected chi connectivity index (χ3v) is 6.03. The Morgan fingerprint density at radius 1 is 1.23 bits per heavy atom. The van der Waals surface area contributed by atoms with Gasteiger partial charge in [-0.2, -0.15) is 0 Å². The number of carbonyl (C=O) groups excluding carboxylic acids is 1. The Morgan fingerprint density at radius 3 is 2.58 bits per heavy atom. The van der Waals surface area contributed by atoms with Crippen LogP contribution in [0.2, 0.25) is 0 Å². The minimum atomic E-state index is -0.436. The lowest BCUT2D eigenvalue weighted by molar-refractivity contribution is 0.0183. The first kappa shape index (κ1) is 19.5. The molecule has 0 unspecified atom stereocenters. The molecular formula is C21H31BrN2O2. The second-order valence-electron chi connectivity index (χ2n) is 8.62. The maximum Gasteiger partial charge on any atom is 0.410 e. The smallest absolute Gasteiger partial charge is 0.410 e. The summed E-state index contributed by atoms with van der Waals surface area (Å²) in [6, 6.07) is 7.55. The van der Waals surface area contributed by atoms with E-state index in [2.05, 4.69) is 39.0 Å². The predicted molar refractivity (Wildman–Crippen MR) is 110 cm³/mol. The topological polar surface area (TPSA) is 32.8 Å². The molecule has 0 saturated heterocycles. The lowest BCUT2D eigenvalue weighted by Gasteiger charge is -2.43. The summed E-state index contributed by atoms with van der Waals surface area (Å²) in [5.74, 6) is 0. The zero-order valence-corrected chi connectivity index (χ0v) is 18.0. The summed E-state index contributed by atoms with van der Waals surface area (Å²) in [6.45, 7) is 6.90. The molecule has 0 bridgehead atoms. The highest BCUT2D eigenvalue weighted by Crippen LogP contribution is 2.35. The molecule has 5 heteroatoms. The van der Waals surface area contributed by atoms with E-state index in [9.17, 15) is 4.79 Å². The van der Waals surface area contributed by atoms with Crippen LogP contribution in [-0.4, -0.2) is 42.3 Å². The summed E-state index contributed by atoms with van der Waals surface area (Å²) in [4.78, 5) is 16.7. The third kappa shape index (κ3) is 4.54. The van der Waals surface area contributed by atoms with Crippen molar-refractivity contribution in [1.29, 1.82) is 0 Å². The van der Waals surface area contributed by atoms with E-state index in [-0.39, 0.29) is 12.1 Å². The number of nitrogens with zero attached hydrogens (tertiary/aromatic N) is 2. The van der Waals surface area contributed by atoms with Crippen LogP contribution in [0.25, 0.3) is 0 Å². The van der Waals surface area contributed by atoms with E-state index in [1.54, 1.807) is 0 Å². The monoisotopic (exact) mass is 422 g/mol. The van der Waals surface area contributed by atoms with Gasteiger partial charge in [-0.1, -0.05) is 15.9 Å². The van der Waals surface area contributed by atoms with Gasteiger partial charge in [-0.3, -0.25) is 0 Å². The summed E-state index contributed by atoms with van der Waals surface area (Å²) >= 11 is 3.60. The molecule has 0 N–H and O–H groups in total. The molecular weight excluding hydrogens is 392 g/mol. The van der Waals surface area contributed by atoms with Gasteiger partial charge in [-0.25, -0.2) is 4.79 Å². The second kappa shape index (κ2) is 7.79. The zero-order valence-electron chi connectivity index (χ0n) is 16.4. The molecule has 144 valence electrons. The average Bonchev–Trinajstić information content (AvgIpc) is 2.59. The van der Waals surface area contributed by atoms with Crippen molar-refractivity contribution in [3.8, 4) is 0 Å². The fraction of sp³-hybridized carbons (Fsp3) is 0.667. The van der Waals surface area contributed by atoms with Gasteiger partial charge in [-0.15, -0.1) is 0 Å². The number of anilines is 1. The maximum atomic E-state index is 12.3. The van der Waals surface area contributed by atoms with Gasteiger partial charge in [0.1, 0.15) is 5.60 Å². The summed E-state index contributed by atoms with van der Waals surface area (Å²) in [5, 5.41) is 0. The van der Waals surface area contributed by atoms with E-state index in [1.807, 2.05) is 32.7 Å². The van der Waals surface area contributed by atoms with E-state index < -0.39 is 5.60 Å². The van der Waals surface area contributed by atoms with Crippen molar-refractivity contribution in [2.24, 2.45) is 0 Å². The van der Waals surface area contributed by atoms with Crippen LogP contribution in [0.3, 0.4) is 0 Å². The lowest BCUT2D eigenvalue weighted by atomic mass is 9.87. The largest absolute Gasteiger partial charge is 0.444 e. The van der Waals surface area contributed by atoms with Gasteiger partial charge >= 0.3 is 6.09 Å². The van der Waals surface area contributed by atoms with Crippen molar-refractivity contribution < 1.29 is 9.53 Å². The number of ether oxygens (including phenoxy) is 1. The Balaban J connectivity index is 1.60. The summed E-state index contributed by atoms with van der Waals surface area (Å²) in [6.07, 6.45) is 6.55. The number of rotatable bonds is 2. The Morgan fingerprint density at radius 2 is 1.92 bits per heavy atom. The van der Waals surface area contributed by atoms with Crippen LogP contribution in [0.15, 0.2) is 22.7 Å². The van der Waals surface area contributed by atoms with Crippen LogP contribution in [-0.2, 0) is 11.2 Å². The van der Waals surface area contributed by atoms with E-state index in [1.165, 1.54) is 28.6 Å². The molecule has 0 atom stereocenters. The number of hydrogen-bond acceptors (Lipinski definition) is 3. The van der Waals surface area contributed by atoms with Gasteiger partial charge < -0.3 is 14.5 Å². The molecule has 0 spiro atoms. The van der Waals surface area contributed by atoms with Gasteiger partial charge in [0.05, 0.1) is 0 Å². The van der Waals surface area contributed by atoms with Crippen molar-refractivity contribution in [3.05, 3.63) is 28.2 Å². The highest BCUT2D eigenvalue weighted by Gasteiger charge is 2.32. The lowest BCUT2D eigenvalue weighted by Crippen LogP contribution is -2.47. The first-order valence-corrected chi connectivity index (χ1v) is 10.5. The summed E-state index contributed by atoms with van der Waals surface area (Å²) in [7, 11) is 1.88. The van der Waals surface area contributed by atoms with Crippen LogP contribution < -0.4 is 4.90 Å². The molecule has 1 aliphatic carbocycles. The van der Waals surface area contributed by atoms with Crippen LogP contribution >= 0.6 is 15.9 Å². The molecule has 0 aromatic heterocycles. The Hall–Kier alpha value is -1.23. The molecule has 1 fully saturated rings. The summed E-state index contributed by atoms with van der Waals surface area (Å²) < 4.78 is 6.69. The van der Waals surface area contributed by atoms with Gasteiger partial charge in [0, 0.05) is 35.8 Å². The molecule has 2 aliphatic rings. The molecule has 1 amide bonds. The molecule has 3 rings (SSSR count). The number of hydrogen-bond donors (Lipinski definition) is 0.